The van der Waals surface area contributed by atoms with E-state index in [0.717, 1.165) is 42.2 Å². The molecule has 2 heterocycles. The molecule has 0 aliphatic carbocycles. The van der Waals surface area contributed by atoms with E-state index in [0.29, 0.717) is 12.3 Å². The predicted molar refractivity (Wildman–Crippen MR) is 98.9 cm³/mol. The lowest BCUT2D eigenvalue weighted by atomic mass is 9.91. The third-order valence-electron chi connectivity index (χ3n) is 4.82. The van der Waals surface area contributed by atoms with Crippen molar-refractivity contribution in [1.82, 2.24) is 9.88 Å². The van der Waals surface area contributed by atoms with Crippen LogP contribution in [0.5, 0.6) is 0 Å². The van der Waals surface area contributed by atoms with Crippen molar-refractivity contribution in [2.75, 3.05) is 13.1 Å². The Bertz CT molecular complexity index is 685. The van der Waals surface area contributed by atoms with Gasteiger partial charge in [-0.3, -0.25) is 4.79 Å². The van der Waals surface area contributed by atoms with Crippen LogP contribution in [0.25, 0.3) is 10.6 Å². The largest absolute Gasteiger partial charge is 0.342 e. The zero-order valence-electron chi connectivity index (χ0n) is 14.4. The molecule has 1 unspecified atom stereocenters. The molecule has 1 aliphatic heterocycles. The van der Waals surface area contributed by atoms with Crippen LogP contribution < -0.4 is 5.73 Å². The van der Waals surface area contributed by atoms with Crippen LogP contribution in [0.15, 0.2) is 29.6 Å². The van der Waals surface area contributed by atoms with Crippen molar-refractivity contribution in [3.8, 4) is 10.6 Å². The molecule has 0 saturated carbocycles. The highest BCUT2D eigenvalue weighted by molar-refractivity contribution is 7.13. The summed E-state index contributed by atoms with van der Waals surface area (Å²) in [5, 5.41) is 2.98. The Hall–Kier alpha value is -1.72. The zero-order valence-corrected chi connectivity index (χ0v) is 15.2. The van der Waals surface area contributed by atoms with Crippen LogP contribution in [0.4, 0.5) is 0 Å². The van der Waals surface area contributed by atoms with Gasteiger partial charge in [0.25, 0.3) is 0 Å². The number of benzene rings is 1. The van der Waals surface area contributed by atoms with Crippen LogP contribution in [0.2, 0.25) is 0 Å². The Labute approximate surface area is 147 Å². The van der Waals surface area contributed by atoms with Gasteiger partial charge in [-0.05, 0) is 32.6 Å². The van der Waals surface area contributed by atoms with Crippen LogP contribution in [-0.2, 0) is 11.2 Å². The summed E-state index contributed by atoms with van der Waals surface area (Å²) in [6, 6.07) is 8.56. The normalized spacial score (nSPS) is 17.0. The molecule has 1 fully saturated rings. The molecular formula is C19H25N3OS. The molecule has 5 heteroatoms. The fourth-order valence-corrected chi connectivity index (χ4v) is 3.98. The number of aryl methyl sites for hydroxylation is 1. The van der Waals surface area contributed by atoms with Gasteiger partial charge >= 0.3 is 0 Å². The zero-order chi connectivity index (χ0) is 17.1. The highest BCUT2D eigenvalue weighted by Gasteiger charge is 2.25. The molecule has 1 saturated heterocycles. The van der Waals surface area contributed by atoms with Gasteiger partial charge in [-0.2, -0.15) is 0 Å². The molecule has 1 amide bonds. The Morgan fingerprint density at radius 1 is 1.33 bits per heavy atom. The van der Waals surface area contributed by atoms with Gasteiger partial charge < -0.3 is 10.6 Å². The minimum Gasteiger partial charge on any atom is -0.342 e. The van der Waals surface area contributed by atoms with E-state index in [-0.39, 0.29) is 11.9 Å². The first-order valence-corrected chi connectivity index (χ1v) is 9.45. The summed E-state index contributed by atoms with van der Waals surface area (Å²) in [5.74, 6) is 0.723. The van der Waals surface area contributed by atoms with Crippen LogP contribution >= 0.6 is 11.3 Å². The van der Waals surface area contributed by atoms with Gasteiger partial charge in [-0.1, -0.05) is 29.8 Å². The lowest BCUT2D eigenvalue weighted by Crippen LogP contribution is -2.43. The van der Waals surface area contributed by atoms with Gasteiger partial charge in [0.2, 0.25) is 5.91 Å². The number of piperidine rings is 1. The van der Waals surface area contributed by atoms with Gasteiger partial charge in [0, 0.05) is 30.1 Å². The van der Waals surface area contributed by atoms with E-state index >= 15 is 0 Å². The first kappa shape index (κ1) is 17.1. The molecule has 0 bridgehead atoms. The third-order valence-corrected chi connectivity index (χ3v) is 5.76. The van der Waals surface area contributed by atoms with Crippen LogP contribution in [0, 0.1) is 12.8 Å². The first-order valence-electron chi connectivity index (χ1n) is 8.57. The van der Waals surface area contributed by atoms with Crippen molar-refractivity contribution in [3.63, 3.8) is 0 Å². The van der Waals surface area contributed by atoms with Crippen molar-refractivity contribution < 1.29 is 4.79 Å². The van der Waals surface area contributed by atoms with Crippen LogP contribution in [-0.4, -0.2) is 34.9 Å². The molecule has 2 N–H and O–H groups in total. The summed E-state index contributed by atoms with van der Waals surface area (Å²) in [7, 11) is 0. The van der Waals surface area contributed by atoms with E-state index in [4.69, 9.17) is 5.73 Å². The van der Waals surface area contributed by atoms with Crippen LogP contribution in [0.3, 0.4) is 0 Å². The maximum Gasteiger partial charge on any atom is 0.228 e. The maximum absolute atomic E-state index is 12.5. The fourth-order valence-electron chi connectivity index (χ4n) is 3.16. The standard InChI is InChI=1S/C19H25N3OS/c1-13-3-5-16(6-4-13)19-21-17(12-24-19)11-18(23)22-9-7-15(8-10-22)14(2)20/h3-6,12,14-15H,7-11,20H2,1-2H3. The second-order valence-electron chi connectivity index (χ2n) is 6.76. The average molecular weight is 343 g/mol. The molecule has 1 aromatic heterocycles. The second-order valence-corrected chi connectivity index (χ2v) is 7.62. The van der Waals surface area contributed by atoms with Gasteiger partial charge in [0.1, 0.15) is 5.01 Å². The summed E-state index contributed by atoms with van der Waals surface area (Å²) >= 11 is 1.60. The van der Waals surface area contributed by atoms with Gasteiger partial charge in [0.05, 0.1) is 12.1 Å². The second kappa shape index (κ2) is 7.45. The van der Waals surface area contributed by atoms with Crippen molar-refractivity contribution in [1.29, 1.82) is 0 Å². The maximum atomic E-state index is 12.5. The van der Waals surface area contributed by atoms with E-state index in [1.807, 2.05) is 10.3 Å². The lowest BCUT2D eigenvalue weighted by molar-refractivity contribution is -0.132. The number of aromatic nitrogens is 1. The highest BCUT2D eigenvalue weighted by Crippen LogP contribution is 2.25. The van der Waals surface area contributed by atoms with Gasteiger partial charge in [-0.25, -0.2) is 4.98 Å². The number of rotatable bonds is 4. The fraction of sp³-hybridized carbons (Fsp3) is 0.474. The molecule has 3 rings (SSSR count). The molecule has 1 atom stereocenters. The molecule has 24 heavy (non-hydrogen) atoms. The number of hydrogen-bond acceptors (Lipinski definition) is 4. The van der Waals surface area contributed by atoms with E-state index in [1.165, 1.54) is 5.56 Å². The molecule has 128 valence electrons. The predicted octanol–water partition coefficient (Wildman–Crippen LogP) is 3.25. The summed E-state index contributed by atoms with van der Waals surface area (Å²) < 4.78 is 0. The lowest BCUT2D eigenvalue weighted by Gasteiger charge is -2.33. The Balaban J connectivity index is 1.59. The number of likely N-dealkylation sites (tertiary alicyclic amines) is 1. The summed E-state index contributed by atoms with van der Waals surface area (Å²) in [6.45, 7) is 5.77. The van der Waals surface area contributed by atoms with E-state index in [1.54, 1.807) is 11.3 Å². The summed E-state index contributed by atoms with van der Waals surface area (Å²) in [4.78, 5) is 19.1. The minimum atomic E-state index is 0.180. The number of thiazole rings is 1. The topological polar surface area (TPSA) is 59.2 Å². The number of amides is 1. The minimum absolute atomic E-state index is 0.180. The van der Waals surface area contributed by atoms with E-state index in [9.17, 15) is 4.79 Å². The van der Waals surface area contributed by atoms with Crippen molar-refractivity contribution in [3.05, 3.63) is 40.9 Å². The number of hydrogen-bond donors (Lipinski definition) is 1. The monoisotopic (exact) mass is 343 g/mol. The Morgan fingerprint density at radius 2 is 2.00 bits per heavy atom. The van der Waals surface area contributed by atoms with Crippen molar-refractivity contribution in [2.24, 2.45) is 11.7 Å². The Kier molecular flexibility index (Phi) is 5.31. The highest BCUT2D eigenvalue weighted by atomic mass is 32.1. The van der Waals surface area contributed by atoms with Crippen molar-refractivity contribution in [2.45, 2.75) is 39.2 Å². The van der Waals surface area contributed by atoms with Gasteiger partial charge in [-0.15, -0.1) is 11.3 Å². The molecule has 0 radical (unpaired) electrons. The van der Waals surface area contributed by atoms with Crippen molar-refractivity contribution >= 4 is 17.2 Å². The number of carbonyl (C=O) groups excluding carboxylic acids is 1. The SMILES string of the molecule is Cc1ccc(-c2nc(CC(=O)N3CCC(C(C)N)CC3)cs2)cc1. The molecule has 4 nitrogen and oxygen atoms in total. The van der Waals surface area contributed by atoms with E-state index in [2.05, 4.69) is 43.1 Å². The van der Waals surface area contributed by atoms with Gasteiger partial charge in [0.15, 0.2) is 0 Å². The number of carbonyl (C=O) groups is 1. The first-order chi connectivity index (χ1) is 11.5. The number of nitrogens with two attached hydrogens (primary N) is 1. The summed E-state index contributed by atoms with van der Waals surface area (Å²) in [5.41, 5.74) is 9.19. The molecular weight excluding hydrogens is 318 g/mol. The molecule has 2 aromatic rings. The molecule has 1 aliphatic rings. The van der Waals surface area contributed by atoms with E-state index < -0.39 is 0 Å². The summed E-state index contributed by atoms with van der Waals surface area (Å²) in [6.07, 6.45) is 2.41. The quantitative estimate of drug-likeness (QED) is 0.927. The average Bonchev–Trinajstić information content (AvgIpc) is 3.04. The number of nitrogens with zero attached hydrogens (tertiary/aromatic N) is 2. The molecule has 1 aromatic carbocycles. The molecule has 0 spiro atoms. The Morgan fingerprint density at radius 3 is 2.62 bits per heavy atom. The smallest absolute Gasteiger partial charge is 0.228 e. The van der Waals surface area contributed by atoms with Crippen LogP contribution in [0.1, 0.15) is 31.0 Å². The third kappa shape index (κ3) is 4.02.